The highest BCUT2D eigenvalue weighted by Crippen LogP contribution is 2.30. The summed E-state index contributed by atoms with van der Waals surface area (Å²) < 4.78 is 28.8. The van der Waals surface area contributed by atoms with Crippen LogP contribution in [0.1, 0.15) is 38.9 Å². The SMILES string of the molecule is Cc1cc(C)n2ncc(C(=O)N3CCN(C(c4ccc(F)cc4)c4ccc(F)cc4)CC3)c2n1. The molecule has 3 heterocycles. The molecule has 0 atom stereocenters. The monoisotopic (exact) mass is 461 g/mol. The molecule has 0 unspecified atom stereocenters. The molecule has 0 aliphatic carbocycles. The zero-order valence-electron chi connectivity index (χ0n) is 19.1. The van der Waals surface area contributed by atoms with Gasteiger partial charge >= 0.3 is 0 Å². The highest BCUT2D eigenvalue weighted by Gasteiger charge is 2.30. The number of carbonyl (C=O) groups is 1. The van der Waals surface area contributed by atoms with Gasteiger partial charge in [0.1, 0.15) is 17.2 Å². The topological polar surface area (TPSA) is 53.7 Å². The molecule has 1 fully saturated rings. The lowest BCUT2D eigenvalue weighted by atomic mass is 9.96. The summed E-state index contributed by atoms with van der Waals surface area (Å²) in [6.07, 6.45) is 1.59. The van der Waals surface area contributed by atoms with Crippen LogP contribution in [0.4, 0.5) is 8.78 Å². The van der Waals surface area contributed by atoms with Crippen LogP contribution in [0.5, 0.6) is 0 Å². The van der Waals surface area contributed by atoms with Gasteiger partial charge in [0.05, 0.1) is 12.2 Å². The third-order valence-electron chi connectivity index (χ3n) is 6.35. The Bertz CT molecular complexity index is 1280. The average Bonchev–Trinajstić information content (AvgIpc) is 3.26. The second kappa shape index (κ2) is 8.95. The molecule has 1 aliphatic rings. The van der Waals surface area contributed by atoms with E-state index in [0.717, 1.165) is 22.5 Å². The van der Waals surface area contributed by atoms with Gasteiger partial charge < -0.3 is 4.90 Å². The molecule has 34 heavy (non-hydrogen) atoms. The average molecular weight is 462 g/mol. The first-order chi connectivity index (χ1) is 16.4. The van der Waals surface area contributed by atoms with E-state index >= 15 is 0 Å². The van der Waals surface area contributed by atoms with Crippen LogP contribution in [0.25, 0.3) is 5.65 Å². The maximum atomic E-state index is 13.6. The van der Waals surface area contributed by atoms with Crippen molar-refractivity contribution in [2.45, 2.75) is 19.9 Å². The Labute approximate surface area is 196 Å². The van der Waals surface area contributed by atoms with Crippen molar-refractivity contribution in [3.8, 4) is 0 Å². The Morgan fingerprint density at radius 3 is 2.00 bits per heavy atom. The van der Waals surface area contributed by atoms with Gasteiger partial charge in [-0.1, -0.05) is 24.3 Å². The van der Waals surface area contributed by atoms with Crippen molar-refractivity contribution in [1.29, 1.82) is 0 Å². The smallest absolute Gasteiger partial charge is 0.259 e. The third kappa shape index (κ3) is 4.17. The van der Waals surface area contributed by atoms with Crippen molar-refractivity contribution in [3.63, 3.8) is 0 Å². The van der Waals surface area contributed by atoms with Crippen LogP contribution in [0.15, 0.2) is 60.8 Å². The van der Waals surface area contributed by atoms with Gasteiger partial charge in [0.25, 0.3) is 5.91 Å². The summed E-state index contributed by atoms with van der Waals surface area (Å²) in [5.41, 5.74) is 4.67. The highest BCUT2D eigenvalue weighted by atomic mass is 19.1. The van der Waals surface area contributed by atoms with Crippen LogP contribution in [0.2, 0.25) is 0 Å². The summed E-state index contributed by atoms with van der Waals surface area (Å²) in [6.45, 7) is 6.14. The van der Waals surface area contributed by atoms with Crippen molar-refractivity contribution in [2.75, 3.05) is 26.2 Å². The summed E-state index contributed by atoms with van der Waals surface area (Å²) in [5, 5.41) is 4.35. The molecule has 2 aromatic heterocycles. The van der Waals surface area contributed by atoms with Crippen LogP contribution in [0.3, 0.4) is 0 Å². The molecule has 0 saturated carbocycles. The van der Waals surface area contributed by atoms with E-state index in [2.05, 4.69) is 15.0 Å². The molecule has 8 heteroatoms. The van der Waals surface area contributed by atoms with Gasteiger partial charge in [-0.3, -0.25) is 9.69 Å². The fourth-order valence-corrected chi connectivity index (χ4v) is 4.68. The number of halogens is 2. The Hall–Kier alpha value is -3.65. The normalized spacial score (nSPS) is 14.8. The fourth-order valence-electron chi connectivity index (χ4n) is 4.68. The molecule has 6 nitrogen and oxygen atoms in total. The zero-order valence-corrected chi connectivity index (χ0v) is 19.1. The van der Waals surface area contributed by atoms with Crippen molar-refractivity contribution >= 4 is 11.6 Å². The summed E-state index contributed by atoms with van der Waals surface area (Å²) in [4.78, 5) is 21.9. The Balaban J connectivity index is 1.38. The maximum Gasteiger partial charge on any atom is 0.259 e. The Morgan fingerprint density at radius 1 is 0.882 bits per heavy atom. The van der Waals surface area contributed by atoms with Crippen LogP contribution >= 0.6 is 0 Å². The van der Waals surface area contributed by atoms with Crippen LogP contribution < -0.4 is 0 Å². The lowest BCUT2D eigenvalue weighted by Crippen LogP contribution is -2.49. The zero-order chi connectivity index (χ0) is 23.8. The number of amides is 1. The molecule has 0 radical (unpaired) electrons. The molecule has 4 aromatic rings. The van der Waals surface area contributed by atoms with Gasteiger partial charge in [-0.25, -0.2) is 18.3 Å². The van der Waals surface area contributed by atoms with E-state index in [4.69, 9.17) is 0 Å². The first kappa shape index (κ1) is 22.2. The molecule has 1 saturated heterocycles. The predicted molar refractivity (Wildman–Crippen MR) is 125 cm³/mol. The lowest BCUT2D eigenvalue weighted by Gasteiger charge is -2.39. The number of aromatic nitrogens is 3. The number of hydrogen-bond acceptors (Lipinski definition) is 4. The number of aryl methyl sites for hydroxylation is 2. The van der Waals surface area contributed by atoms with Crippen molar-refractivity contribution < 1.29 is 13.6 Å². The minimum absolute atomic E-state index is 0.0905. The van der Waals surface area contributed by atoms with E-state index in [1.165, 1.54) is 24.3 Å². The van der Waals surface area contributed by atoms with Crippen molar-refractivity contribution in [1.82, 2.24) is 24.4 Å². The lowest BCUT2D eigenvalue weighted by molar-refractivity contribution is 0.0599. The van der Waals surface area contributed by atoms with Crippen LogP contribution in [0, 0.1) is 25.5 Å². The summed E-state index contributed by atoms with van der Waals surface area (Å²) in [7, 11) is 0. The largest absolute Gasteiger partial charge is 0.336 e. The van der Waals surface area contributed by atoms with E-state index in [-0.39, 0.29) is 23.6 Å². The standard InChI is InChI=1S/C26H25F2N5O/c1-17-15-18(2)33-25(30-17)23(16-29-33)26(34)32-13-11-31(12-14-32)24(19-3-7-21(27)8-4-19)20-5-9-22(28)10-6-20/h3-10,15-16,24H,11-14H2,1-2H3. The summed E-state index contributed by atoms with van der Waals surface area (Å²) in [6, 6.07) is 14.6. The third-order valence-corrected chi connectivity index (χ3v) is 6.35. The van der Waals surface area contributed by atoms with E-state index < -0.39 is 0 Å². The number of rotatable bonds is 4. The number of piperazine rings is 1. The molecule has 1 amide bonds. The van der Waals surface area contributed by atoms with Crippen molar-refractivity contribution in [2.24, 2.45) is 0 Å². The van der Waals surface area contributed by atoms with Crippen molar-refractivity contribution in [3.05, 3.63) is 101 Å². The van der Waals surface area contributed by atoms with Gasteiger partial charge in [-0.05, 0) is 55.3 Å². The van der Waals surface area contributed by atoms with Gasteiger partial charge in [-0.2, -0.15) is 5.10 Å². The summed E-state index contributed by atoms with van der Waals surface area (Å²) >= 11 is 0. The second-order valence-electron chi connectivity index (χ2n) is 8.67. The van der Waals surface area contributed by atoms with E-state index in [1.54, 1.807) is 35.0 Å². The molecular formula is C26H25F2N5O. The molecule has 174 valence electrons. The number of benzene rings is 2. The molecule has 5 rings (SSSR count). The quantitative estimate of drug-likeness (QED) is 0.458. The van der Waals surface area contributed by atoms with Gasteiger partial charge in [0.2, 0.25) is 0 Å². The fraction of sp³-hybridized carbons (Fsp3) is 0.269. The molecule has 0 spiro atoms. The van der Waals surface area contributed by atoms with E-state index in [1.807, 2.05) is 24.8 Å². The predicted octanol–water partition coefficient (Wildman–Crippen LogP) is 4.17. The highest BCUT2D eigenvalue weighted by molar-refractivity contribution is 5.99. The van der Waals surface area contributed by atoms with Gasteiger partial charge in [0, 0.05) is 37.6 Å². The molecule has 1 aliphatic heterocycles. The number of carbonyl (C=O) groups excluding carboxylic acids is 1. The molecule has 2 aromatic carbocycles. The second-order valence-corrected chi connectivity index (χ2v) is 8.67. The number of nitrogens with zero attached hydrogens (tertiary/aromatic N) is 5. The minimum atomic E-state index is -0.301. The van der Waals surface area contributed by atoms with Gasteiger partial charge in [0.15, 0.2) is 5.65 Å². The molecular weight excluding hydrogens is 436 g/mol. The Kier molecular flexibility index (Phi) is 5.83. The summed E-state index contributed by atoms with van der Waals surface area (Å²) in [5.74, 6) is -0.693. The first-order valence-corrected chi connectivity index (χ1v) is 11.3. The van der Waals surface area contributed by atoms with Crippen LogP contribution in [-0.4, -0.2) is 56.5 Å². The Morgan fingerprint density at radius 2 is 1.44 bits per heavy atom. The van der Waals surface area contributed by atoms with E-state index in [0.29, 0.717) is 37.4 Å². The minimum Gasteiger partial charge on any atom is -0.336 e. The van der Waals surface area contributed by atoms with Crippen LogP contribution in [-0.2, 0) is 0 Å². The maximum absolute atomic E-state index is 13.6. The number of hydrogen-bond donors (Lipinski definition) is 0. The number of fused-ring (bicyclic) bond motifs is 1. The van der Waals surface area contributed by atoms with Gasteiger partial charge in [-0.15, -0.1) is 0 Å². The molecule has 0 N–H and O–H groups in total. The first-order valence-electron chi connectivity index (χ1n) is 11.3. The van der Waals surface area contributed by atoms with E-state index in [9.17, 15) is 13.6 Å². The molecule has 0 bridgehead atoms.